The van der Waals surface area contributed by atoms with Crippen LogP contribution in [0.4, 0.5) is 0 Å². The Labute approximate surface area is 127 Å². The summed E-state index contributed by atoms with van der Waals surface area (Å²) in [5, 5.41) is 2.72. The summed E-state index contributed by atoms with van der Waals surface area (Å²) in [6.07, 6.45) is 4.99. The van der Waals surface area contributed by atoms with E-state index < -0.39 is 0 Å². The largest absolute Gasteiger partial charge is 0.330 e. The first kappa shape index (κ1) is 14.6. The van der Waals surface area contributed by atoms with Gasteiger partial charge in [-0.1, -0.05) is 42.5 Å². The fourth-order valence-corrected chi connectivity index (χ4v) is 3.43. The zero-order chi connectivity index (χ0) is 14.5. The minimum absolute atomic E-state index is 0.736. The Morgan fingerprint density at radius 1 is 0.952 bits per heavy atom. The van der Waals surface area contributed by atoms with E-state index in [4.69, 9.17) is 5.73 Å². The molecular weight excluding hydrogens is 256 g/mol. The molecule has 1 aliphatic rings. The maximum Gasteiger partial charge on any atom is -0.00129 e. The fraction of sp³-hybridized carbons (Fsp3) is 0.474. The van der Waals surface area contributed by atoms with Gasteiger partial charge in [-0.05, 0) is 74.1 Å². The molecule has 0 unspecified atom stereocenters. The van der Waals surface area contributed by atoms with Crippen LogP contribution in [0.15, 0.2) is 42.5 Å². The summed E-state index contributed by atoms with van der Waals surface area (Å²) in [4.78, 5) is 2.60. The highest BCUT2D eigenvalue weighted by Gasteiger charge is 2.20. The van der Waals surface area contributed by atoms with Crippen molar-refractivity contribution in [3.05, 3.63) is 48.0 Å². The summed E-state index contributed by atoms with van der Waals surface area (Å²) >= 11 is 0. The summed E-state index contributed by atoms with van der Waals surface area (Å²) in [5.74, 6) is 0.736. The molecule has 2 aromatic carbocycles. The van der Waals surface area contributed by atoms with Gasteiger partial charge in [0.1, 0.15) is 0 Å². The van der Waals surface area contributed by atoms with Crippen molar-refractivity contribution < 1.29 is 0 Å². The van der Waals surface area contributed by atoms with Gasteiger partial charge in [0.2, 0.25) is 0 Å². The van der Waals surface area contributed by atoms with Gasteiger partial charge < -0.3 is 10.6 Å². The molecule has 1 aliphatic heterocycles. The van der Waals surface area contributed by atoms with Crippen LogP contribution in [0, 0.1) is 0 Å². The van der Waals surface area contributed by atoms with Crippen molar-refractivity contribution in [3.8, 4) is 0 Å². The van der Waals surface area contributed by atoms with E-state index in [-0.39, 0.29) is 0 Å². The topological polar surface area (TPSA) is 29.3 Å². The number of hydrogen-bond acceptors (Lipinski definition) is 2. The van der Waals surface area contributed by atoms with E-state index in [1.54, 1.807) is 0 Å². The van der Waals surface area contributed by atoms with Gasteiger partial charge >= 0.3 is 0 Å². The van der Waals surface area contributed by atoms with Gasteiger partial charge in [-0.2, -0.15) is 0 Å². The normalized spacial score (nSPS) is 17.4. The lowest BCUT2D eigenvalue weighted by Crippen LogP contribution is -2.33. The van der Waals surface area contributed by atoms with E-state index in [1.165, 1.54) is 55.2 Å². The predicted molar refractivity (Wildman–Crippen MR) is 90.7 cm³/mol. The van der Waals surface area contributed by atoms with Gasteiger partial charge in [0, 0.05) is 0 Å². The third kappa shape index (κ3) is 3.63. The number of hydrogen-bond donors (Lipinski definition) is 1. The quantitative estimate of drug-likeness (QED) is 0.846. The van der Waals surface area contributed by atoms with Crippen LogP contribution in [0.1, 0.15) is 37.2 Å². The standard InChI is InChI=1S/C19H26N2/c20-11-3-4-12-21-13-9-17(10-14-21)19-8-7-16-5-1-2-6-18(16)15-19/h1-2,5-8,15,17H,3-4,9-14,20H2. The maximum atomic E-state index is 5.57. The number of unbranched alkanes of at least 4 members (excludes halogenated alkanes) is 1. The summed E-state index contributed by atoms with van der Waals surface area (Å²) in [6, 6.07) is 15.7. The van der Waals surface area contributed by atoms with Crippen LogP contribution in [0.25, 0.3) is 10.8 Å². The number of piperidine rings is 1. The Kier molecular flexibility index (Phi) is 4.89. The summed E-state index contributed by atoms with van der Waals surface area (Å²) in [7, 11) is 0. The molecule has 0 saturated carbocycles. The van der Waals surface area contributed by atoms with Crippen molar-refractivity contribution in [2.24, 2.45) is 5.73 Å². The number of rotatable bonds is 5. The molecule has 1 saturated heterocycles. The van der Waals surface area contributed by atoms with Crippen molar-refractivity contribution in [2.75, 3.05) is 26.2 Å². The molecule has 0 radical (unpaired) electrons. The lowest BCUT2D eigenvalue weighted by molar-refractivity contribution is 0.209. The van der Waals surface area contributed by atoms with E-state index in [9.17, 15) is 0 Å². The van der Waals surface area contributed by atoms with Gasteiger partial charge in [0.25, 0.3) is 0 Å². The zero-order valence-corrected chi connectivity index (χ0v) is 12.8. The number of fused-ring (bicyclic) bond motifs is 1. The third-order valence-electron chi connectivity index (χ3n) is 4.76. The number of nitrogens with zero attached hydrogens (tertiary/aromatic N) is 1. The molecule has 2 heteroatoms. The van der Waals surface area contributed by atoms with Crippen LogP contribution in [-0.4, -0.2) is 31.1 Å². The molecule has 2 nitrogen and oxygen atoms in total. The fourth-order valence-electron chi connectivity index (χ4n) is 3.43. The molecule has 0 amide bonds. The van der Waals surface area contributed by atoms with Crippen LogP contribution in [0.2, 0.25) is 0 Å². The second-order valence-electron chi connectivity index (χ2n) is 6.22. The molecular formula is C19H26N2. The molecule has 0 atom stereocenters. The van der Waals surface area contributed by atoms with Gasteiger partial charge in [0.15, 0.2) is 0 Å². The van der Waals surface area contributed by atoms with Crippen molar-refractivity contribution in [2.45, 2.75) is 31.6 Å². The number of nitrogens with two attached hydrogens (primary N) is 1. The smallest absolute Gasteiger partial charge is 0.00129 e. The average molecular weight is 282 g/mol. The van der Waals surface area contributed by atoms with E-state index in [0.717, 1.165) is 18.9 Å². The van der Waals surface area contributed by atoms with Crippen LogP contribution < -0.4 is 5.73 Å². The molecule has 1 heterocycles. The molecule has 3 rings (SSSR count). The summed E-state index contributed by atoms with van der Waals surface area (Å²) in [6.45, 7) is 4.53. The molecule has 0 bridgehead atoms. The van der Waals surface area contributed by atoms with E-state index in [1.807, 2.05) is 0 Å². The predicted octanol–water partition coefficient (Wildman–Crippen LogP) is 3.76. The molecule has 0 aliphatic carbocycles. The minimum Gasteiger partial charge on any atom is -0.330 e. The van der Waals surface area contributed by atoms with Gasteiger partial charge in [-0.3, -0.25) is 0 Å². The highest BCUT2D eigenvalue weighted by atomic mass is 15.1. The Bertz CT molecular complexity index is 571. The SMILES string of the molecule is NCCCCN1CCC(c2ccc3ccccc3c2)CC1. The van der Waals surface area contributed by atoms with Crippen LogP contribution in [0.3, 0.4) is 0 Å². The average Bonchev–Trinajstić information content (AvgIpc) is 2.55. The van der Waals surface area contributed by atoms with Gasteiger partial charge in [0.05, 0.1) is 0 Å². The molecule has 112 valence electrons. The molecule has 2 N–H and O–H groups in total. The Hall–Kier alpha value is -1.38. The molecule has 21 heavy (non-hydrogen) atoms. The Morgan fingerprint density at radius 3 is 2.48 bits per heavy atom. The number of benzene rings is 2. The van der Waals surface area contributed by atoms with E-state index in [2.05, 4.69) is 47.4 Å². The molecule has 0 spiro atoms. The van der Waals surface area contributed by atoms with Gasteiger partial charge in [-0.25, -0.2) is 0 Å². The first-order valence-electron chi connectivity index (χ1n) is 8.28. The molecule has 1 fully saturated rings. The minimum atomic E-state index is 0.736. The van der Waals surface area contributed by atoms with E-state index in [0.29, 0.717) is 0 Å². The highest BCUT2D eigenvalue weighted by Crippen LogP contribution is 2.30. The van der Waals surface area contributed by atoms with Crippen LogP contribution in [-0.2, 0) is 0 Å². The first-order valence-corrected chi connectivity index (χ1v) is 8.28. The van der Waals surface area contributed by atoms with Crippen molar-refractivity contribution in [1.29, 1.82) is 0 Å². The molecule has 2 aromatic rings. The van der Waals surface area contributed by atoms with Crippen LogP contribution >= 0.6 is 0 Å². The molecule has 0 aromatic heterocycles. The van der Waals surface area contributed by atoms with Crippen molar-refractivity contribution in [3.63, 3.8) is 0 Å². The Balaban J connectivity index is 1.60. The first-order chi connectivity index (χ1) is 10.4. The monoisotopic (exact) mass is 282 g/mol. The van der Waals surface area contributed by atoms with Crippen molar-refractivity contribution >= 4 is 10.8 Å². The number of likely N-dealkylation sites (tertiary alicyclic amines) is 1. The van der Waals surface area contributed by atoms with E-state index >= 15 is 0 Å². The summed E-state index contributed by atoms with van der Waals surface area (Å²) in [5.41, 5.74) is 7.09. The lowest BCUT2D eigenvalue weighted by atomic mass is 9.88. The van der Waals surface area contributed by atoms with Crippen molar-refractivity contribution in [1.82, 2.24) is 4.90 Å². The Morgan fingerprint density at radius 2 is 1.71 bits per heavy atom. The maximum absolute atomic E-state index is 5.57. The van der Waals surface area contributed by atoms with Crippen LogP contribution in [0.5, 0.6) is 0 Å². The summed E-state index contributed by atoms with van der Waals surface area (Å²) < 4.78 is 0. The highest BCUT2D eigenvalue weighted by molar-refractivity contribution is 5.83. The lowest BCUT2D eigenvalue weighted by Gasteiger charge is -2.32. The second-order valence-corrected chi connectivity index (χ2v) is 6.22. The third-order valence-corrected chi connectivity index (χ3v) is 4.76. The zero-order valence-electron chi connectivity index (χ0n) is 12.8. The van der Waals surface area contributed by atoms with Gasteiger partial charge in [-0.15, -0.1) is 0 Å². The second kappa shape index (κ2) is 7.06.